The van der Waals surface area contributed by atoms with Crippen molar-refractivity contribution in [2.45, 2.75) is 25.8 Å². The van der Waals surface area contributed by atoms with E-state index in [1.807, 2.05) is 20.0 Å². The van der Waals surface area contributed by atoms with Crippen LogP contribution in [0.4, 0.5) is 5.82 Å². The number of aryl methyl sites for hydroxylation is 2. The summed E-state index contributed by atoms with van der Waals surface area (Å²) in [6.07, 6.45) is 3.85. The number of rotatable bonds is 4. The van der Waals surface area contributed by atoms with Crippen LogP contribution in [-0.2, 0) is 11.8 Å². The van der Waals surface area contributed by atoms with Gasteiger partial charge in [0.1, 0.15) is 0 Å². The van der Waals surface area contributed by atoms with Crippen molar-refractivity contribution in [3.63, 3.8) is 0 Å². The highest BCUT2D eigenvalue weighted by Gasteiger charge is 2.30. The molecule has 1 fully saturated rings. The Labute approximate surface area is 122 Å². The molecular weight excluding hydrogens is 270 g/mol. The van der Waals surface area contributed by atoms with E-state index in [-0.39, 0.29) is 11.9 Å². The first-order valence-corrected chi connectivity index (χ1v) is 7.08. The Morgan fingerprint density at radius 3 is 3.10 bits per heavy atom. The van der Waals surface area contributed by atoms with Gasteiger partial charge >= 0.3 is 0 Å². The number of nitrogens with one attached hydrogen (secondary N) is 1. The van der Waals surface area contributed by atoms with E-state index in [4.69, 9.17) is 4.52 Å². The fourth-order valence-corrected chi connectivity index (χ4v) is 2.73. The van der Waals surface area contributed by atoms with Crippen molar-refractivity contribution >= 4 is 11.7 Å². The summed E-state index contributed by atoms with van der Waals surface area (Å²) in [7, 11) is 1.82. The fraction of sp³-hybridized carbons (Fsp3) is 0.500. The van der Waals surface area contributed by atoms with Crippen LogP contribution in [0.2, 0.25) is 0 Å². The molecule has 21 heavy (non-hydrogen) atoms. The molecule has 0 radical (unpaired) electrons. The Hall–Kier alpha value is -2.15. The zero-order valence-corrected chi connectivity index (χ0v) is 12.2. The number of amides is 1. The predicted octanol–water partition coefficient (Wildman–Crippen LogP) is 1.49. The minimum atomic E-state index is -0.0585. The van der Waals surface area contributed by atoms with Gasteiger partial charge in [-0.25, -0.2) is 0 Å². The minimum absolute atomic E-state index is 0.0585. The first kappa shape index (κ1) is 13.8. The first-order chi connectivity index (χ1) is 10.1. The maximum Gasteiger partial charge on any atom is 0.239 e. The summed E-state index contributed by atoms with van der Waals surface area (Å²) in [4.78, 5) is 14.2. The van der Waals surface area contributed by atoms with Gasteiger partial charge < -0.3 is 9.84 Å². The second-order valence-corrected chi connectivity index (χ2v) is 5.42. The molecule has 1 saturated heterocycles. The van der Waals surface area contributed by atoms with E-state index in [0.717, 1.165) is 30.8 Å². The molecule has 0 aromatic carbocycles. The summed E-state index contributed by atoms with van der Waals surface area (Å²) in [5.74, 6) is 1.36. The molecule has 3 rings (SSSR count). The van der Waals surface area contributed by atoms with E-state index >= 15 is 0 Å². The van der Waals surface area contributed by atoms with Crippen LogP contribution in [-0.4, -0.2) is 38.8 Å². The number of carbonyl (C=O) groups is 1. The van der Waals surface area contributed by atoms with Gasteiger partial charge in [-0.05, 0) is 26.3 Å². The third-order valence-corrected chi connectivity index (χ3v) is 3.67. The third-order valence-electron chi connectivity index (χ3n) is 3.67. The third kappa shape index (κ3) is 3.13. The van der Waals surface area contributed by atoms with E-state index in [9.17, 15) is 4.79 Å². The van der Waals surface area contributed by atoms with Crippen LogP contribution >= 0.6 is 0 Å². The molecule has 7 nitrogen and oxygen atoms in total. The van der Waals surface area contributed by atoms with Gasteiger partial charge in [0.25, 0.3) is 0 Å². The second-order valence-electron chi connectivity index (χ2n) is 5.42. The Bertz CT molecular complexity index is 633. The molecule has 0 bridgehead atoms. The van der Waals surface area contributed by atoms with Crippen molar-refractivity contribution in [3.8, 4) is 0 Å². The molecule has 1 aliphatic rings. The molecule has 1 aliphatic heterocycles. The second kappa shape index (κ2) is 5.69. The number of hydrogen-bond donors (Lipinski definition) is 1. The van der Waals surface area contributed by atoms with Gasteiger partial charge in [-0.1, -0.05) is 5.16 Å². The smallest absolute Gasteiger partial charge is 0.239 e. The zero-order chi connectivity index (χ0) is 14.8. The van der Waals surface area contributed by atoms with Crippen molar-refractivity contribution in [2.75, 3.05) is 18.4 Å². The number of aromatic nitrogens is 3. The summed E-state index contributed by atoms with van der Waals surface area (Å²) in [5, 5.41) is 10.9. The van der Waals surface area contributed by atoms with Crippen LogP contribution in [0.3, 0.4) is 0 Å². The number of anilines is 1. The first-order valence-electron chi connectivity index (χ1n) is 7.08. The van der Waals surface area contributed by atoms with E-state index in [1.165, 1.54) is 0 Å². The van der Waals surface area contributed by atoms with E-state index in [2.05, 4.69) is 20.5 Å². The van der Waals surface area contributed by atoms with Gasteiger partial charge in [-0.15, -0.1) is 0 Å². The van der Waals surface area contributed by atoms with Crippen LogP contribution in [0.1, 0.15) is 30.3 Å². The molecule has 0 spiro atoms. The molecule has 0 aliphatic carbocycles. The minimum Gasteiger partial charge on any atom is -0.359 e. The van der Waals surface area contributed by atoms with Crippen LogP contribution in [0.5, 0.6) is 0 Å². The average Bonchev–Trinajstić information content (AvgIpc) is 3.12. The summed E-state index contributed by atoms with van der Waals surface area (Å²) in [6.45, 7) is 3.13. The van der Waals surface area contributed by atoms with Gasteiger partial charge in [0.15, 0.2) is 11.6 Å². The molecule has 112 valence electrons. The largest absolute Gasteiger partial charge is 0.359 e. The van der Waals surface area contributed by atoms with Gasteiger partial charge in [0, 0.05) is 25.4 Å². The van der Waals surface area contributed by atoms with E-state index < -0.39 is 0 Å². The maximum atomic E-state index is 12.1. The number of likely N-dealkylation sites (tertiary alicyclic amines) is 1. The Kier molecular flexibility index (Phi) is 3.74. The monoisotopic (exact) mass is 289 g/mol. The lowest BCUT2D eigenvalue weighted by Gasteiger charge is -2.21. The summed E-state index contributed by atoms with van der Waals surface area (Å²) >= 11 is 0. The molecular formula is C14H19N5O2. The van der Waals surface area contributed by atoms with Crippen LogP contribution in [0, 0.1) is 6.92 Å². The Morgan fingerprint density at radius 2 is 2.43 bits per heavy atom. The predicted molar refractivity (Wildman–Crippen MR) is 76.6 cm³/mol. The molecule has 1 amide bonds. The van der Waals surface area contributed by atoms with E-state index in [1.54, 1.807) is 16.9 Å². The molecule has 1 N–H and O–H groups in total. The Balaban J connectivity index is 1.62. The van der Waals surface area contributed by atoms with Gasteiger partial charge in [0.2, 0.25) is 5.91 Å². The molecule has 0 unspecified atom stereocenters. The lowest BCUT2D eigenvalue weighted by Crippen LogP contribution is -2.32. The Morgan fingerprint density at radius 1 is 1.57 bits per heavy atom. The maximum absolute atomic E-state index is 12.1. The molecule has 1 atom stereocenters. The van der Waals surface area contributed by atoms with Crippen molar-refractivity contribution in [2.24, 2.45) is 7.05 Å². The summed E-state index contributed by atoms with van der Waals surface area (Å²) in [6, 6.07) is 3.86. The van der Waals surface area contributed by atoms with Gasteiger partial charge in [-0.2, -0.15) is 5.10 Å². The molecule has 3 heterocycles. The summed E-state index contributed by atoms with van der Waals surface area (Å²) < 4.78 is 7.00. The molecule has 2 aromatic heterocycles. The average molecular weight is 289 g/mol. The standard InChI is InChI=1S/C14H19N5O2/c1-10-8-12(21-17-10)11-4-3-6-19(11)9-14(20)15-13-5-7-18(2)16-13/h5,7-8,11H,3-4,6,9H2,1-2H3,(H,15,16,20)/t11-/m1/s1. The normalized spacial score (nSPS) is 19.0. The highest BCUT2D eigenvalue weighted by molar-refractivity contribution is 5.91. The fourth-order valence-electron chi connectivity index (χ4n) is 2.73. The van der Waals surface area contributed by atoms with E-state index in [0.29, 0.717) is 12.4 Å². The van der Waals surface area contributed by atoms with Crippen molar-refractivity contribution < 1.29 is 9.32 Å². The lowest BCUT2D eigenvalue weighted by molar-refractivity contribution is -0.117. The van der Waals surface area contributed by atoms with Gasteiger partial charge in [-0.3, -0.25) is 14.4 Å². The van der Waals surface area contributed by atoms with Crippen molar-refractivity contribution in [3.05, 3.63) is 29.8 Å². The zero-order valence-electron chi connectivity index (χ0n) is 12.2. The van der Waals surface area contributed by atoms with Crippen LogP contribution in [0.25, 0.3) is 0 Å². The number of nitrogens with zero attached hydrogens (tertiary/aromatic N) is 4. The van der Waals surface area contributed by atoms with Crippen molar-refractivity contribution in [1.29, 1.82) is 0 Å². The molecule has 2 aromatic rings. The van der Waals surface area contributed by atoms with Gasteiger partial charge in [0.05, 0.1) is 18.3 Å². The number of carbonyl (C=O) groups excluding carboxylic acids is 1. The SMILES string of the molecule is Cc1cc([C@H]2CCCN2CC(=O)Nc2ccn(C)n2)on1. The number of hydrogen-bond acceptors (Lipinski definition) is 5. The summed E-state index contributed by atoms with van der Waals surface area (Å²) in [5.41, 5.74) is 0.870. The highest BCUT2D eigenvalue weighted by atomic mass is 16.5. The quantitative estimate of drug-likeness (QED) is 0.923. The lowest BCUT2D eigenvalue weighted by atomic mass is 10.1. The highest BCUT2D eigenvalue weighted by Crippen LogP contribution is 2.31. The van der Waals surface area contributed by atoms with Crippen molar-refractivity contribution in [1.82, 2.24) is 19.8 Å². The van der Waals surface area contributed by atoms with Crippen LogP contribution < -0.4 is 5.32 Å². The molecule has 0 saturated carbocycles. The topological polar surface area (TPSA) is 76.2 Å². The molecule has 7 heteroatoms. The van der Waals surface area contributed by atoms with Crippen LogP contribution in [0.15, 0.2) is 22.9 Å².